The van der Waals surface area contributed by atoms with E-state index in [0.717, 1.165) is 0 Å². The summed E-state index contributed by atoms with van der Waals surface area (Å²) in [5.74, 6) is -0.896. The second-order valence-electron chi connectivity index (χ2n) is 4.91. The maximum atomic E-state index is 11.5. The van der Waals surface area contributed by atoms with Crippen LogP contribution in [0.1, 0.15) is 30.6 Å². The maximum absolute atomic E-state index is 11.5. The second kappa shape index (κ2) is 7.47. The highest BCUT2D eigenvalue weighted by atomic mass is 16.5. The number of hydrogen-bond acceptors (Lipinski definition) is 6. The third-order valence-corrected chi connectivity index (χ3v) is 2.79. The fourth-order valence-electron chi connectivity index (χ4n) is 1.81. The number of ether oxygens (including phenoxy) is 2. The highest BCUT2D eigenvalue weighted by molar-refractivity contribution is 5.92. The molecule has 0 amide bonds. The molecule has 21 heavy (non-hydrogen) atoms. The number of hydrogen-bond donors (Lipinski definition) is 2. The lowest BCUT2D eigenvalue weighted by Gasteiger charge is -2.17. The van der Waals surface area contributed by atoms with Gasteiger partial charge >= 0.3 is 11.9 Å². The first-order valence-corrected chi connectivity index (χ1v) is 6.51. The number of aromatic nitrogens is 1. The Hall–Kier alpha value is -2.31. The monoisotopic (exact) mass is 296 g/mol. The lowest BCUT2D eigenvalue weighted by Crippen LogP contribution is -2.31. The summed E-state index contributed by atoms with van der Waals surface area (Å²) in [6.45, 7) is 3.87. The van der Waals surface area contributed by atoms with Crippen molar-refractivity contribution in [2.45, 2.75) is 26.3 Å². The Morgan fingerprint density at radius 2 is 2.00 bits per heavy atom. The molecule has 0 fully saturated rings. The number of anilines is 1. The largest absolute Gasteiger partial charge is 0.480 e. The number of methoxy groups -OCH3 is 2. The van der Waals surface area contributed by atoms with Gasteiger partial charge in [0.1, 0.15) is 17.4 Å². The van der Waals surface area contributed by atoms with Crippen molar-refractivity contribution in [1.82, 2.24) is 4.98 Å². The first kappa shape index (κ1) is 16.7. The Bertz CT molecular complexity index is 516. The number of carboxylic acids is 1. The van der Waals surface area contributed by atoms with Crippen LogP contribution >= 0.6 is 0 Å². The van der Waals surface area contributed by atoms with E-state index in [4.69, 9.17) is 4.74 Å². The fourth-order valence-corrected chi connectivity index (χ4v) is 1.81. The molecule has 116 valence electrons. The van der Waals surface area contributed by atoms with Crippen molar-refractivity contribution in [2.75, 3.05) is 19.5 Å². The van der Waals surface area contributed by atoms with Crippen LogP contribution in [0.15, 0.2) is 12.1 Å². The van der Waals surface area contributed by atoms with Crippen LogP contribution in [0.25, 0.3) is 0 Å². The molecule has 0 aliphatic rings. The fraction of sp³-hybridized carbons (Fsp3) is 0.500. The summed E-state index contributed by atoms with van der Waals surface area (Å²) >= 11 is 0. The minimum atomic E-state index is -0.957. The van der Waals surface area contributed by atoms with Gasteiger partial charge in [0.15, 0.2) is 0 Å². The molecule has 0 saturated carbocycles. The zero-order chi connectivity index (χ0) is 16.0. The Morgan fingerprint density at radius 1 is 1.33 bits per heavy atom. The predicted octanol–water partition coefficient (Wildman–Crippen LogP) is 1.79. The molecule has 1 heterocycles. The second-order valence-corrected chi connectivity index (χ2v) is 4.91. The highest BCUT2D eigenvalue weighted by Crippen LogP contribution is 2.20. The molecule has 2 N–H and O–H groups in total. The molecule has 0 aliphatic heterocycles. The van der Waals surface area contributed by atoms with Gasteiger partial charge in [0.25, 0.3) is 0 Å². The van der Waals surface area contributed by atoms with E-state index < -0.39 is 18.0 Å². The number of nitrogens with zero attached hydrogens (tertiary/aromatic N) is 1. The summed E-state index contributed by atoms with van der Waals surface area (Å²) in [4.78, 5) is 26.8. The van der Waals surface area contributed by atoms with Gasteiger partial charge < -0.3 is 19.9 Å². The normalized spacial score (nSPS) is 11.9. The van der Waals surface area contributed by atoms with Gasteiger partial charge in [0.05, 0.1) is 14.2 Å². The first-order valence-electron chi connectivity index (χ1n) is 6.51. The molecule has 0 bridgehead atoms. The quantitative estimate of drug-likeness (QED) is 0.740. The van der Waals surface area contributed by atoms with Crippen LogP contribution < -0.4 is 10.1 Å². The number of nitrogens with one attached hydrogen (secondary N) is 1. The number of carboxylic acid groups (broad SMARTS) is 1. The summed E-state index contributed by atoms with van der Waals surface area (Å²) in [6.07, 6.45) is 0.456. The van der Waals surface area contributed by atoms with Crippen LogP contribution in [0, 0.1) is 5.92 Å². The third-order valence-electron chi connectivity index (χ3n) is 2.79. The Balaban J connectivity index is 2.98. The molecular weight excluding hydrogens is 276 g/mol. The molecule has 0 saturated heterocycles. The minimum absolute atomic E-state index is 0.0838. The molecule has 1 atom stereocenters. The molecule has 1 rings (SSSR count). The third kappa shape index (κ3) is 4.62. The number of rotatable bonds is 7. The molecule has 0 aromatic carbocycles. The van der Waals surface area contributed by atoms with Gasteiger partial charge in [0.2, 0.25) is 5.88 Å². The zero-order valence-corrected chi connectivity index (χ0v) is 12.5. The van der Waals surface area contributed by atoms with Gasteiger partial charge in [-0.25, -0.2) is 9.59 Å². The molecule has 7 heteroatoms. The zero-order valence-electron chi connectivity index (χ0n) is 12.5. The lowest BCUT2D eigenvalue weighted by atomic mass is 10.0. The van der Waals surface area contributed by atoms with Crippen LogP contribution in [-0.2, 0) is 9.53 Å². The first-order chi connectivity index (χ1) is 9.88. The molecule has 0 spiro atoms. The molecule has 7 nitrogen and oxygen atoms in total. The van der Waals surface area contributed by atoms with Crippen LogP contribution in [0.5, 0.6) is 5.88 Å². The van der Waals surface area contributed by atoms with Crippen molar-refractivity contribution in [3.05, 3.63) is 17.7 Å². The van der Waals surface area contributed by atoms with E-state index in [1.807, 2.05) is 13.8 Å². The van der Waals surface area contributed by atoms with Gasteiger partial charge in [0, 0.05) is 0 Å². The molecule has 1 aromatic heterocycles. The van der Waals surface area contributed by atoms with Crippen molar-refractivity contribution < 1.29 is 24.2 Å². The summed E-state index contributed by atoms with van der Waals surface area (Å²) < 4.78 is 9.65. The summed E-state index contributed by atoms with van der Waals surface area (Å²) in [6, 6.07) is 2.24. The van der Waals surface area contributed by atoms with Gasteiger partial charge in [-0.2, -0.15) is 4.98 Å². The van der Waals surface area contributed by atoms with Gasteiger partial charge in [-0.1, -0.05) is 13.8 Å². The van der Waals surface area contributed by atoms with Gasteiger partial charge in [-0.05, 0) is 24.5 Å². The number of aliphatic carboxylic acids is 1. The van der Waals surface area contributed by atoms with Gasteiger partial charge in [-0.3, -0.25) is 0 Å². The number of carbonyl (C=O) groups excluding carboxylic acids is 1. The molecular formula is C14H20N2O5. The van der Waals surface area contributed by atoms with E-state index >= 15 is 0 Å². The Morgan fingerprint density at radius 3 is 2.48 bits per heavy atom. The topological polar surface area (TPSA) is 97.8 Å². The number of carbonyl (C=O) groups is 2. The molecule has 0 radical (unpaired) electrons. The molecule has 1 unspecified atom stereocenters. The van der Waals surface area contributed by atoms with Crippen molar-refractivity contribution in [1.29, 1.82) is 0 Å². The molecule has 1 aromatic rings. The van der Waals surface area contributed by atoms with Crippen molar-refractivity contribution in [3.63, 3.8) is 0 Å². The highest BCUT2D eigenvalue weighted by Gasteiger charge is 2.21. The van der Waals surface area contributed by atoms with Crippen LogP contribution in [-0.4, -0.2) is 42.3 Å². The van der Waals surface area contributed by atoms with Crippen LogP contribution in [0.3, 0.4) is 0 Å². The maximum Gasteiger partial charge on any atom is 0.343 e. The van der Waals surface area contributed by atoms with Crippen molar-refractivity contribution in [2.24, 2.45) is 5.92 Å². The van der Waals surface area contributed by atoms with E-state index in [-0.39, 0.29) is 17.4 Å². The Labute approximate surface area is 123 Å². The van der Waals surface area contributed by atoms with E-state index in [9.17, 15) is 14.7 Å². The lowest BCUT2D eigenvalue weighted by molar-refractivity contribution is -0.138. The van der Waals surface area contributed by atoms with E-state index in [2.05, 4.69) is 15.0 Å². The number of esters is 1. The summed E-state index contributed by atoms with van der Waals surface area (Å²) in [5.41, 5.74) is 0.182. The average molecular weight is 296 g/mol. The number of pyridine rings is 1. The Kier molecular flexibility index (Phi) is 5.95. The summed E-state index contributed by atoms with van der Waals surface area (Å²) in [5, 5.41) is 12.0. The van der Waals surface area contributed by atoms with Crippen LogP contribution in [0.2, 0.25) is 0 Å². The molecule has 0 aliphatic carbocycles. The van der Waals surface area contributed by atoms with E-state index in [0.29, 0.717) is 12.2 Å². The average Bonchev–Trinajstić information content (AvgIpc) is 2.45. The van der Waals surface area contributed by atoms with E-state index in [1.165, 1.54) is 26.4 Å². The van der Waals surface area contributed by atoms with E-state index in [1.54, 1.807) is 0 Å². The predicted molar refractivity (Wildman–Crippen MR) is 76.6 cm³/mol. The van der Waals surface area contributed by atoms with Crippen LogP contribution in [0.4, 0.5) is 5.82 Å². The SMILES string of the molecule is COC(=O)c1ccc(NC(CC(C)C)C(=O)O)nc1OC. The van der Waals surface area contributed by atoms with Gasteiger partial charge in [-0.15, -0.1) is 0 Å². The minimum Gasteiger partial charge on any atom is -0.480 e. The van der Waals surface area contributed by atoms with Crippen molar-refractivity contribution in [3.8, 4) is 5.88 Å². The standard InChI is InChI=1S/C14H20N2O5/c1-8(2)7-10(13(17)18)15-11-6-5-9(14(19)21-4)12(16-11)20-3/h5-6,8,10H,7H2,1-4H3,(H,15,16)(H,17,18). The van der Waals surface area contributed by atoms with Crippen molar-refractivity contribution >= 4 is 17.8 Å². The smallest absolute Gasteiger partial charge is 0.343 e. The summed E-state index contributed by atoms with van der Waals surface area (Å²) in [7, 11) is 2.64.